The fourth-order valence-corrected chi connectivity index (χ4v) is 5.80. The summed E-state index contributed by atoms with van der Waals surface area (Å²) in [7, 11) is 2.10. The number of aromatic nitrogens is 2. The fraction of sp³-hybridized carbons (Fsp3) is 0.444. The van der Waals surface area contributed by atoms with E-state index in [4.69, 9.17) is 9.72 Å². The molecule has 4 heterocycles. The standard InChI is InChI=1S/C27H31N5O2/c1-30-16-17-34-25-20(6-4-9-23(25)30)19-32-13-5-10-27(26(32)33)11-14-31(15-12-27)24-18-28-21-7-2-3-8-22(21)29-24/h2-4,6-9,18H,5,10-17,19H2,1H3. The zero-order valence-electron chi connectivity index (χ0n) is 19.7. The van der Waals surface area contributed by atoms with E-state index in [9.17, 15) is 4.79 Å². The molecule has 1 amide bonds. The molecule has 2 saturated heterocycles. The molecule has 3 aromatic rings. The van der Waals surface area contributed by atoms with Crippen LogP contribution in [0.25, 0.3) is 11.0 Å². The molecule has 0 aliphatic carbocycles. The number of likely N-dealkylation sites (N-methyl/N-ethyl adjacent to an activating group) is 1. The predicted octanol–water partition coefficient (Wildman–Crippen LogP) is 3.87. The van der Waals surface area contributed by atoms with Crippen molar-refractivity contribution in [1.29, 1.82) is 0 Å². The fourth-order valence-electron chi connectivity index (χ4n) is 5.80. The van der Waals surface area contributed by atoms with Gasteiger partial charge < -0.3 is 19.4 Å². The molecule has 7 heteroatoms. The molecule has 1 spiro atoms. The lowest BCUT2D eigenvalue weighted by molar-refractivity contribution is -0.148. The summed E-state index contributed by atoms with van der Waals surface area (Å²) in [5.74, 6) is 2.16. The van der Waals surface area contributed by atoms with E-state index in [1.165, 1.54) is 0 Å². The van der Waals surface area contributed by atoms with Crippen molar-refractivity contribution in [3.05, 3.63) is 54.2 Å². The summed E-state index contributed by atoms with van der Waals surface area (Å²) in [6, 6.07) is 14.2. The second-order valence-corrected chi connectivity index (χ2v) is 9.85. The lowest BCUT2D eigenvalue weighted by Gasteiger charge is -2.46. The first-order valence-corrected chi connectivity index (χ1v) is 12.3. The van der Waals surface area contributed by atoms with Crippen molar-refractivity contribution in [2.24, 2.45) is 5.41 Å². The maximum atomic E-state index is 13.8. The van der Waals surface area contributed by atoms with Crippen LogP contribution in [0.1, 0.15) is 31.2 Å². The highest BCUT2D eigenvalue weighted by atomic mass is 16.5. The van der Waals surface area contributed by atoms with Gasteiger partial charge in [-0.15, -0.1) is 0 Å². The normalized spacial score (nSPS) is 19.9. The Hall–Kier alpha value is -3.35. The van der Waals surface area contributed by atoms with Crippen LogP contribution in [0, 0.1) is 5.41 Å². The van der Waals surface area contributed by atoms with Gasteiger partial charge in [-0.3, -0.25) is 9.78 Å². The average molecular weight is 458 g/mol. The third kappa shape index (κ3) is 3.63. The Morgan fingerprint density at radius 2 is 1.79 bits per heavy atom. The lowest BCUT2D eigenvalue weighted by atomic mass is 9.71. The smallest absolute Gasteiger partial charge is 0.229 e. The largest absolute Gasteiger partial charge is 0.489 e. The highest BCUT2D eigenvalue weighted by molar-refractivity contribution is 5.84. The molecule has 176 valence electrons. The Morgan fingerprint density at radius 1 is 0.971 bits per heavy atom. The summed E-state index contributed by atoms with van der Waals surface area (Å²) in [5, 5.41) is 0. The quantitative estimate of drug-likeness (QED) is 0.595. The number of hydrogen-bond donors (Lipinski definition) is 0. The highest BCUT2D eigenvalue weighted by Crippen LogP contribution is 2.43. The van der Waals surface area contributed by atoms with E-state index in [-0.39, 0.29) is 5.41 Å². The minimum atomic E-state index is -0.258. The van der Waals surface area contributed by atoms with Crippen LogP contribution in [0.5, 0.6) is 5.75 Å². The number of nitrogens with zero attached hydrogens (tertiary/aromatic N) is 5. The first kappa shape index (κ1) is 21.2. The van der Waals surface area contributed by atoms with Crippen molar-refractivity contribution in [3.8, 4) is 5.75 Å². The number of para-hydroxylation sites is 3. The van der Waals surface area contributed by atoms with Crippen LogP contribution in [-0.2, 0) is 11.3 Å². The molecule has 0 radical (unpaired) electrons. The Labute approximate surface area is 200 Å². The molecule has 3 aliphatic heterocycles. The second-order valence-electron chi connectivity index (χ2n) is 9.85. The van der Waals surface area contributed by atoms with Crippen LogP contribution in [0.4, 0.5) is 11.5 Å². The number of likely N-dealkylation sites (tertiary alicyclic amines) is 1. The summed E-state index contributed by atoms with van der Waals surface area (Å²) in [4.78, 5) is 29.8. The van der Waals surface area contributed by atoms with Crippen LogP contribution >= 0.6 is 0 Å². The Bertz CT molecular complexity index is 1220. The molecule has 0 saturated carbocycles. The molecular weight excluding hydrogens is 426 g/mol. The van der Waals surface area contributed by atoms with Crippen LogP contribution in [0.2, 0.25) is 0 Å². The zero-order valence-corrected chi connectivity index (χ0v) is 19.7. The zero-order chi connectivity index (χ0) is 23.1. The van der Waals surface area contributed by atoms with Crippen molar-refractivity contribution in [1.82, 2.24) is 14.9 Å². The van der Waals surface area contributed by atoms with Gasteiger partial charge in [0.1, 0.15) is 18.2 Å². The SMILES string of the molecule is CN1CCOc2c(CN3CCCC4(CCN(c5cnc6ccccc6n5)CC4)C3=O)cccc21. The number of piperidine rings is 2. The van der Waals surface area contributed by atoms with Crippen molar-refractivity contribution in [2.75, 3.05) is 49.6 Å². The van der Waals surface area contributed by atoms with E-state index in [2.05, 4.69) is 44.9 Å². The third-order valence-corrected chi connectivity index (χ3v) is 7.83. The molecule has 0 unspecified atom stereocenters. The van der Waals surface area contributed by atoms with E-state index >= 15 is 0 Å². The van der Waals surface area contributed by atoms with Gasteiger partial charge in [0.25, 0.3) is 0 Å². The van der Waals surface area contributed by atoms with Crippen LogP contribution < -0.4 is 14.5 Å². The van der Waals surface area contributed by atoms with E-state index in [1.807, 2.05) is 30.5 Å². The van der Waals surface area contributed by atoms with E-state index in [0.29, 0.717) is 19.1 Å². The molecule has 2 aromatic carbocycles. The maximum absolute atomic E-state index is 13.8. The van der Waals surface area contributed by atoms with Gasteiger partial charge in [0.15, 0.2) is 0 Å². The minimum Gasteiger partial charge on any atom is -0.489 e. The molecule has 0 N–H and O–H groups in total. The monoisotopic (exact) mass is 457 g/mol. The van der Waals surface area contributed by atoms with Crippen molar-refractivity contribution in [2.45, 2.75) is 32.2 Å². The topological polar surface area (TPSA) is 61.8 Å². The van der Waals surface area contributed by atoms with Gasteiger partial charge in [0.2, 0.25) is 5.91 Å². The number of anilines is 2. The molecular formula is C27H31N5O2. The van der Waals surface area contributed by atoms with Crippen molar-refractivity contribution < 1.29 is 9.53 Å². The van der Waals surface area contributed by atoms with Crippen LogP contribution in [0.3, 0.4) is 0 Å². The summed E-state index contributed by atoms with van der Waals surface area (Å²) >= 11 is 0. The number of ether oxygens (including phenoxy) is 1. The van der Waals surface area contributed by atoms with Gasteiger partial charge in [-0.05, 0) is 43.9 Å². The summed E-state index contributed by atoms with van der Waals surface area (Å²) in [5.41, 5.74) is 3.80. The van der Waals surface area contributed by atoms with Gasteiger partial charge in [-0.1, -0.05) is 24.3 Å². The van der Waals surface area contributed by atoms with Gasteiger partial charge in [-0.25, -0.2) is 4.98 Å². The van der Waals surface area contributed by atoms with Gasteiger partial charge in [-0.2, -0.15) is 0 Å². The molecule has 2 fully saturated rings. The molecule has 0 atom stereocenters. The predicted molar refractivity (Wildman–Crippen MR) is 133 cm³/mol. The number of benzene rings is 2. The van der Waals surface area contributed by atoms with Crippen molar-refractivity contribution in [3.63, 3.8) is 0 Å². The van der Waals surface area contributed by atoms with Gasteiger partial charge >= 0.3 is 0 Å². The van der Waals surface area contributed by atoms with Crippen LogP contribution in [0.15, 0.2) is 48.7 Å². The molecule has 3 aliphatic rings. The first-order valence-electron chi connectivity index (χ1n) is 12.3. The molecule has 34 heavy (non-hydrogen) atoms. The molecule has 6 rings (SSSR count). The maximum Gasteiger partial charge on any atom is 0.229 e. The number of rotatable bonds is 3. The van der Waals surface area contributed by atoms with Gasteiger partial charge in [0, 0.05) is 38.8 Å². The van der Waals surface area contributed by atoms with E-state index < -0.39 is 0 Å². The number of carbonyl (C=O) groups is 1. The highest BCUT2D eigenvalue weighted by Gasteiger charge is 2.46. The van der Waals surface area contributed by atoms with E-state index in [0.717, 1.165) is 85.7 Å². The Morgan fingerprint density at radius 3 is 2.65 bits per heavy atom. The molecule has 0 bridgehead atoms. The van der Waals surface area contributed by atoms with Gasteiger partial charge in [0.05, 0.1) is 34.9 Å². The number of fused-ring (bicyclic) bond motifs is 2. The summed E-state index contributed by atoms with van der Waals surface area (Å²) in [6.45, 7) is 4.69. The minimum absolute atomic E-state index is 0.258. The van der Waals surface area contributed by atoms with Crippen molar-refractivity contribution >= 4 is 28.4 Å². The number of amides is 1. The summed E-state index contributed by atoms with van der Waals surface area (Å²) < 4.78 is 6.03. The number of hydrogen-bond acceptors (Lipinski definition) is 6. The van der Waals surface area contributed by atoms with Crippen LogP contribution in [-0.4, -0.2) is 60.6 Å². The Kier molecular flexibility index (Phi) is 5.27. The van der Waals surface area contributed by atoms with E-state index in [1.54, 1.807) is 0 Å². The molecule has 1 aromatic heterocycles. The summed E-state index contributed by atoms with van der Waals surface area (Å²) in [6.07, 6.45) is 5.62. The lowest BCUT2D eigenvalue weighted by Crippen LogP contribution is -2.53. The Balaban J connectivity index is 1.17. The second kappa shape index (κ2) is 8.46. The number of carbonyl (C=O) groups excluding carboxylic acids is 1. The third-order valence-electron chi connectivity index (χ3n) is 7.83. The molecule has 7 nitrogen and oxygen atoms in total. The average Bonchev–Trinajstić information content (AvgIpc) is 2.88. The first-order chi connectivity index (χ1) is 16.6.